The minimum atomic E-state index is -1.34. The van der Waals surface area contributed by atoms with Crippen LogP contribution in [0.4, 0.5) is 0 Å². The van der Waals surface area contributed by atoms with E-state index >= 15 is 0 Å². The molecule has 0 aliphatic carbocycles. The maximum atomic E-state index is 13.8. The summed E-state index contributed by atoms with van der Waals surface area (Å²) in [7, 11) is 0. The summed E-state index contributed by atoms with van der Waals surface area (Å²) in [5.74, 6) is -3.35. The number of nitrogens with zero attached hydrogens (tertiary/aromatic N) is 1. The van der Waals surface area contributed by atoms with E-state index in [9.17, 15) is 34.5 Å². The molecule has 4 aromatic rings. The molecule has 240 valence electrons. The van der Waals surface area contributed by atoms with Crippen molar-refractivity contribution in [3.05, 3.63) is 114 Å². The van der Waals surface area contributed by atoms with Gasteiger partial charge in [0.25, 0.3) is 0 Å². The van der Waals surface area contributed by atoms with E-state index in [-0.39, 0.29) is 37.2 Å². The summed E-state index contributed by atoms with van der Waals surface area (Å²) in [5.41, 5.74) is 8.69. The van der Waals surface area contributed by atoms with Gasteiger partial charge in [-0.1, -0.05) is 54.6 Å². The third-order valence-corrected chi connectivity index (χ3v) is 7.25. The van der Waals surface area contributed by atoms with Gasteiger partial charge in [0.2, 0.25) is 17.7 Å². The third-order valence-electron chi connectivity index (χ3n) is 7.25. The standard InChI is InChI=1S/C33H36N6O7/c34-26(14-20-4-2-1-3-5-20)30(42)37-27(15-21-6-10-24(40)11-7-21)31(43)38-28(16-22-8-12-25(41)13-9-22)32(44)39-29(33(45)46)17-23-18-35-19-36-23/h1-13,18-19,26-29,40-41H,14-17,34H2,(H,35,36)(H,37,42)(H,38,43)(H,39,44)(H,45,46). The van der Waals surface area contributed by atoms with Gasteiger partial charge in [0.15, 0.2) is 0 Å². The van der Waals surface area contributed by atoms with Crippen molar-refractivity contribution in [1.29, 1.82) is 0 Å². The molecule has 0 fully saturated rings. The Hall–Kier alpha value is -5.69. The number of phenols is 2. The summed E-state index contributed by atoms with van der Waals surface area (Å²) < 4.78 is 0. The number of aromatic hydroxyl groups is 2. The van der Waals surface area contributed by atoms with Crippen LogP contribution >= 0.6 is 0 Å². The van der Waals surface area contributed by atoms with Crippen molar-refractivity contribution in [2.45, 2.75) is 49.9 Å². The van der Waals surface area contributed by atoms with Crippen molar-refractivity contribution < 1.29 is 34.5 Å². The molecule has 4 atom stereocenters. The largest absolute Gasteiger partial charge is 0.508 e. The predicted molar refractivity (Wildman–Crippen MR) is 167 cm³/mol. The third kappa shape index (κ3) is 9.92. The topological polar surface area (TPSA) is 220 Å². The summed E-state index contributed by atoms with van der Waals surface area (Å²) >= 11 is 0. The van der Waals surface area contributed by atoms with Gasteiger partial charge in [-0.15, -0.1) is 0 Å². The second-order valence-electron chi connectivity index (χ2n) is 10.8. The van der Waals surface area contributed by atoms with E-state index in [0.29, 0.717) is 16.8 Å². The molecular formula is C33H36N6O7. The first kappa shape index (κ1) is 33.2. The number of aromatic amines is 1. The van der Waals surface area contributed by atoms with E-state index in [1.807, 2.05) is 30.3 Å². The second kappa shape index (κ2) is 15.9. The van der Waals surface area contributed by atoms with Crippen molar-refractivity contribution >= 4 is 23.7 Å². The molecule has 0 spiro atoms. The van der Waals surface area contributed by atoms with Gasteiger partial charge >= 0.3 is 5.97 Å². The molecule has 3 amide bonds. The average molecular weight is 629 g/mol. The van der Waals surface area contributed by atoms with E-state index in [0.717, 1.165) is 5.56 Å². The summed E-state index contributed by atoms with van der Waals surface area (Å²) in [5, 5.41) is 37.1. The predicted octanol–water partition coefficient (Wildman–Crippen LogP) is 0.958. The Morgan fingerprint density at radius 3 is 1.61 bits per heavy atom. The number of hydrogen-bond donors (Lipinski definition) is 8. The lowest BCUT2D eigenvalue weighted by Crippen LogP contribution is -2.58. The van der Waals surface area contributed by atoms with Gasteiger partial charge in [-0.25, -0.2) is 9.78 Å². The minimum Gasteiger partial charge on any atom is -0.508 e. The number of carbonyl (C=O) groups excluding carboxylic acids is 3. The van der Waals surface area contributed by atoms with Crippen molar-refractivity contribution in [3.8, 4) is 11.5 Å². The number of phenolic OH excluding ortho intramolecular Hbond substituents is 2. The van der Waals surface area contributed by atoms with E-state index in [2.05, 4.69) is 25.9 Å². The van der Waals surface area contributed by atoms with Gasteiger partial charge in [-0.05, 0) is 47.4 Å². The summed E-state index contributed by atoms with van der Waals surface area (Å²) in [6.07, 6.45) is 2.91. The number of carboxylic acid groups (broad SMARTS) is 1. The molecule has 4 unspecified atom stereocenters. The van der Waals surface area contributed by atoms with Crippen molar-refractivity contribution in [1.82, 2.24) is 25.9 Å². The van der Waals surface area contributed by atoms with Crippen molar-refractivity contribution in [2.75, 3.05) is 0 Å². The number of nitrogens with one attached hydrogen (secondary N) is 4. The maximum absolute atomic E-state index is 13.8. The van der Waals surface area contributed by atoms with Crippen molar-refractivity contribution in [3.63, 3.8) is 0 Å². The highest BCUT2D eigenvalue weighted by Gasteiger charge is 2.31. The second-order valence-corrected chi connectivity index (χ2v) is 10.8. The number of nitrogens with two attached hydrogens (primary N) is 1. The smallest absolute Gasteiger partial charge is 0.326 e. The van der Waals surface area contributed by atoms with Crippen LogP contribution in [0.3, 0.4) is 0 Å². The number of carbonyl (C=O) groups is 4. The zero-order valence-electron chi connectivity index (χ0n) is 24.8. The average Bonchev–Trinajstić information content (AvgIpc) is 3.55. The van der Waals surface area contributed by atoms with Crippen LogP contribution in [0.2, 0.25) is 0 Å². The van der Waals surface area contributed by atoms with Crippen LogP contribution in [0.5, 0.6) is 11.5 Å². The van der Waals surface area contributed by atoms with Crippen LogP contribution < -0.4 is 21.7 Å². The van der Waals surface area contributed by atoms with E-state index in [4.69, 9.17) is 5.73 Å². The lowest BCUT2D eigenvalue weighted by atomic mass is 10.0. The molecule has 9 N–H and O–H groups in total. The van der Waals surface area contributed by atoms with Crippen LogP contribution in [0.1, 0.15) is 22.4 Å². The van der Waals surface area contributed by atoms with Gasteiger partial charge in [0, 0.05) is 31.2 Å². The fourth-order valence-electron chi connectivity index (χ4n) is 4.75. The summed E-state index contributed by atoms with van der Waals surface area (Å²) in [6, 6.07) is 16.4. The summed E-state index contributed by atoms with van der Waals surface area (Å²) in [6.45, 7) is 0. The van der Waals surface area contributed by atoms with E-state index in [1.165, 1.54) is 36.8 Å². The van der Waals surface area contributed by atoms with Gasteiger partial charge in [0.05, 0.1) is 12.4 Å². The number of aliphatic carboxylic acids is 1. The monoisotopic (exact) mass is 628 g/mol. The molecule has 13 nitrogen and oxygen atoms in total. The van der Waals surface area contributed by atoms with Crippen LogP contribution in [-0.2, 0) is 44.9 Å². The molecule has 1 heterocycles. The fourth-order valence-corrected chi connectivity index (χ4v) is 4.75. The molecule has 4 rings (SSSR count). The molecule has 0 aliphatic rings. The lowest BCUT2D eigenvalue weighted by Gasteiger charge is -2.25. The first-order chi connectivity index (χ1) is 22.1. The quantitative estimate of drug-likeness (QED) is 0.0938. The number of aromatic nitrogens is 2. The van der Waals surface area contributed by atoms with Crippen LogP contribution in [0, 0.1) is 0 Å². The number of imidazole rings is 1. The Kier molecular flexibility index (Phi) is 11.5. The number of carboxylic acids is 1. The maximum Gasteiger partial charge on any atom is 0.326 e. The van der Waals surface area contributed by atoms with Gasteiger partial charge < -0.3 is 42.0 Å². The van der Waals surface area contributed by atoms with Gasteiger partial charge in [0.1, 0.15) is 29.6 Å². The molecule has 3 aromatic carbocycles. The number of amides is 3. The molecule has 13 heteroatoms. The Labute approximate surface area is 264 Å². The number of hydrogen-bond acceptors (Lipinski definition) is 8. The minimum absolute atomic E-state index is 0.00103. The lowest BCUT2D eigenvalue weighted by molar-refractivity contribution is -0.142. The SMILES string of the molecule is NC(Cc1ccccc1)C(=O)NC(Cc1ccc(O)cc1)C(=O)NC(Cc1ccc(O)cc1)C(=O)NC(Cc1cnc[nH]1)C(=O)O. The summed E-state index contributed by atoms with van der Waals surface area (Å²) in [4.78, 5) is 59.2. The Bertz CT molecular complexity index is 1600. The zero-order chi connectivity index (χ0) is 33.1. The molecule has 46 heavy (non-hydrogen) atoms. The molecular weight excluding hydrogens is 592 g/mol. The number of rotatable bonds is 15. The zero-order valence-corrected chi connectivity index (χ0v) is 24.8. The van der Waals surface area contributed by atoms with E-state index in [1.54, 1.807) is 24.3 Å². The highest BCUT2D eigenvalue weighted by molar-refractivity contribution is 5.94. The molecule has 0 radical (unpaired) electrons. The van der Waals surface area contributed by atoms with Crippen LogP contribution in [0.25, 0.3) is 0 Å². The Morgan fingerprint density at radius 1 is 0.652 bits per heavy atom. The first-order valence-electron chi connectivity index (χ1n) is 14.5. The molecule has 0 bridgehead atoms. The number of H-pyrrole nitrogens is 1. The molecule has 0 aliphatic heterocycles. The van der Waals surface area contributed by atoms with E-state index < -0.39 is 47.9 Å². The Balaban J connectivity index is 1.56. The molecule has 1 aromatic heterocycles. The highest BCUT2D eigenvalue weighted by Crippen LogP contribution is 2.14. The first-order valence-corrected chi connectivity index (χ1v) is 14.5. The van der Waals surface area contributed by atoms with Gasteiger partial charge in [-0.2, -0.15) is 0 Å². The van der Waals surface area contributed by atoms with Crippen LogP contribution in [0.15, 0.2) is 91.4 Å². The van der Waals surface area contributed by atoms with Crippen molar-refractivity contribution in [2.24, 2.45) is 5.73 Å². The molecule has 0 saturated heterocycles. The Morgan fingerprint density at radius 2 is 1.13 bits per heavy atom. The molecule has 0 saturated carbocycles. The normalized spacial score (nSPS) is 13.5. The number of benzene rings is 3. The highest BCUT2D eigenvalue weighted by atomic mass is 16.4. The fraction of sp³-hybridized carbons (Fsp3) is 0.242. The van der Waals surface area contributed by atoms with Crippen LogP contribution in [-0.4, -0.2) is 73.1 Å². The van der Waals surface area contributed by atoms with Gasteiger partial charge in [-0.3, -0.25) is 14.4 Å².